The molecule has 0 amide bonds. The first-order chi connectivity index (χ1) is 9.13. The molecule has 3 rings (SSSR count). The normalized spacial score (nSPS) is 25.8. The van der Waals surface area contributed by atoms with Gasteiger partial charge in [0, 0.05) is 23.1 Å². The lowest BCUT2D eigenvalue weighted by Gasteiger charge is -2.32. The molecule has 4 heteroatoms. The van der Waals surface area contributed by atoms with Crippen LogP contribution in [-0.4, -0.2) is 23.0 Å². The molecule has 1 unspecified atom stereocenters. The largest absolute Gasteiger partial charge is 0.461 e. The standard InChI is InChI=1S/C15H14O4/c1-2-8-7-11(16)19-15-12(8)13(17)9-5-3-4-6-10(9)14(15)18/h3-6,8,11,16H,2,7H2,1H3/t8-,11?/m1/s1. The molecule has 1 N–H and O–H groups in total. The van der Waals surface area contributed by atoms with Crippen LogP contribution in [0.2, 0.25) is 0 Å². The summed E-state index contributed by atoms with van der Waals surface area (Å²) in [6.45, 7) is 1.94. The Morgan fingerprint density at radius 2 is 1.84 bits per heavy atom. The van der Waals surface area contributed by atoms with Gasteiger partial charge in [-0.25, -0.2) is 0 Å². The fraction of sp³-hybridized carbons (Fsp3) is 0.333. The van der Waals surface area contributed by atoms with Crippen molar-refractivity contribution in [1.29, 1.82) is 0 Å². The van der Waals surface area contributed by atoms with Crippen LogP contribution in [0.3, 0.4) is 0 Å². The molecule has 0 saturated carbocycles. The van der Waals surface area contributed by atoms with Gasteiger partial charge in [0.1, 0.15) is 0 Å². The van der Waals surface area contributed by atoms with Gasteiger partial charge < -0.3 is 9.84 Å². The molecule has 0 saturated heterocycles. The Bertz CT molecular complexity index is 600. The van der Waals surface area contributed by atoms with Crippen molar-refractivity contribution in [3.8, 4) is 0 Å². The number of benzene rings is 1. The van der Waals surface area contributed by atoms with Crippen LogP contribution < -0.4 is 0 Å². The molecule has 1 aliphatic carbocycles. The van der Waals surface area contributed by atoms with E-state index in [1.807, 2.05) is 6.92 Å². The molecule has 4 nitrogen and oxygen atoms in total. The van der Waals surface area contributed by atoms with Gasteiger partial charge >= 0.3 is 0 Å². The summed E-state index contributed by atoms with van der Waals surface area (Å²) >= 11 is 0. The van der Waals surface area contributed by atoms with Gasteiger partial charge in [0.15, 0.2) is 17.8 Å². The maximum atomic E-state index is 12.5. The average Bonchev–Trinajstić information content (AvgIpc) is 2.43. The third-order valence-electron chi connectivity index (χ3n) is 3.75. The fourth-order valence-electron chi connectivity index (χ4n) is 2.78. The molecule has 1 aliphatic heterocycles. The zero-order valence-corrected chi connectivity index (χ0v) is 10.6. The van der Waals surface area contributed by atoms with Gasteiger partial charge in [-0.3, -0.25) is 9.59 Å². The number of aliphatic hydroxyl groups excluding tert-OH is 1. The summed E-state index contributed by atoms with van der Waals surface area (Å²) in [5, 5.41) is 9.68. The Labute approximate surface area is 110 Å². The number of carbonyl (C=O) groups is 2. The SMILES string of the molecule is CC[C@@H]1CC(O)OC2=C1C(=O)c1ccccc1C2=O. The zero-order chi connectivity index (χ0) is 13.6. The smallest absolute Gasteiger partial charge is 0.228 e. The quantitative estimate of drug-likeness (QED) is 0.837. The van der Waals surface area contributed by atoms with Gasteiger partial charge in [0.05, 0.1) is 0 Å². The molecule has 19 heavy (non-hydrogen) atoms. The van der Waals surface area contributed by atoms with Crippen molar-refractivity contribution in [2.45, 2.75) is 26.1 Å². The summed E-state index contributed by atoms with van der Waals surface area (Å²) in [6.07, 6.45) is 0.0439. The van der Waals surface area contributed by atoms with E-state index in [1.165, 1.54) is 0 Å². The number of carbonyl (C=O) groups excluding carboxylic acids is 2. The lowest BCUT2D eigenvalue weighted by atomic mass is 9.78. The van der Waals surface area contributed by atoms with Crippen LogP contribution in [0.25, 0.3) is 0 Å². The van der Waals surface area contributed by atoms with Crippen LogP contribution in [0.1, 0.15) is 40.5 Å². The average molecular weight is 258 g/mol. The molecular formula is C15H14O4. The Kier molecular flexibility index (Phi) is 2.75. The topological polar surface area (TPSA) is 63.6 Å². The second-order valence-electron chi connectivity index (χ2n) is 4.86. The predicted molar refractivity (Wildman–Crippen MR) is 67.6 cm³/mol. The minimum absolute atomic E-state index is 0.0364. The first-order valence-electron chi connectivity index (χ1n) is 6.40. The molecule has 1 aromatic rings. The van der Waals surface area contributed by atoms with Gasteiger partial charge in [0.25, 0.3) is 0 Å². The Morgan fingerprint density at radius 3 is 2.47 bits per heavy atom. The third-order valence-corrected chi connectivity index (χ3v) is 3.75. The summed E-state index contributed by atoms with van der Waals surface area (Å²) in [5.74, 6) is -0.538. The van der Waals surface area contributed by atoms with Gasteiger partial charge in [-0.2, -0.15) is 0 Å². The van der Waals surface area contributed by atoms with Crippen molar-refractivity contribution in [3.63, 3.8) is 0 Å². The predicted octanol–water partition coefficient (Wildman–Crippen LogP) is 2.08. The maximum Gasteiger partial charge on any atom is 0.228 e. The Hall–Kier alpha value is -1.94. The summed E-state index contributed by atoms with van der Waals surface area (Å²) in [6, 6.07) is 6.74. The van der Waals surface area contributed by atoms with Crippen molar-refractivity contribution in [2.75, 3.05) is 0 Å². The van der Waals surface area contributed by atoms with E-state index in [9.17, 15) is 14.7 Å². The van der Waals surface area contributed by atoms with Crippen molar-refractivity contribution >= 4 is 11.6 Å². The number of rotatable bonds is 1. The lowest BCUT2D eigenvalue weighted by molar-refractivity contribution is -0.0861. The highest BCUT2D eigenvalue weighted by Gasteiger charge is 2.41. The van der Waals surface area contributed by atoms with Crippen LogP contribution >= 0.6 is 0 Å². The summed E-state index contributed by atoms with van der Waals surface area (Å²) in [7, 11) is 0. The Morgan fingerprint density at radius 1 is 1.21 bits per heavy atom. The molecule has 0 fully saturated rings. The molecule has 1 heterocycles. The zero-order valence-electron chi connectivity index (χ0n) is 10.6. The van der Waals surface area contributed by atoms with Gasteiger partial charge in [-0.05, 0) is 12.3 Å². The number of ether oxygens (including phenoxy) is 1. The van der Waals surface area contributed by atoms with Crippen molar-refractivity contribution in [1.82, 2.24) is 0 Å². The van der Waals surface area contributed by atoms with Crippen LogP contribution in [-0.2, 0) is 4.74 Å². The molecule has 1 aromatic carbocycles. The van der Waals surface area contributed by atoms with E-state index in [1.54, 1.807) is 24.3 Å². The number of hydrogen-bond donors (Lipinski definition) is 1. The van der Waals surface area contributed by atoms with E-state index < -0.39 is 6.29 Å². The number of allylic oxidation sites excluding steroid dienone is 2. The minimum Gasteiger partial charge on any atom is -0.461 e. The van der Waals surface area contributed by atoms with Crippen molar-refractivity contribution in [3.05, 3.63) is 46.7 Å². The maximum absolute atomic E-state index is 12.5. The van der Waals surface area contributed by atoms with E-state index in [4.69, 9.17) is 4.74 Å². The third kappa shape index (κ3) is 1.71. The first kappa shape index (κ1) is 12.1. The summed E-state index contributed by atoms with van der Waals surface area (Å²) in [4.78, 5) is 24.9. The second-order valence-corrected chi connectivity index (χ2v) is 4.86. The fourth-order valence-corrected chi connectivity index (χ4v) is 2.78. The number of fused-ring (bicyclic) bond motifs is 1. The van der Waals surface area contributed by atoms with Crippen molar-refractivity contribution < 1.29 is 19.4 Å². The number of aliphatic hydroxyl groups is 1. The molecule has 2 atom stereocenters. The number of Topliss-reactive ketones (excluding diaryl/α,β-unsaturated/α-hetero) is 2. The van der Waals surface area contributed by atoms with Gasteiger partial charge in [-0.1, -0.05) is 31.2 Å². The Balaban J connectivity index is 2.19. The molecule has 2 aliphatic rings. The van der Waals surface area contributed by atoms with Crippen LogP contribution in [0, 0.1) is 5.92 Å². The van der Waals surface area contributed by atoms with Crippen LogP contribution in [0.15, 0.2) is 35.6 Å². The van der Waals surface area contributed by atoms with E-state index in [-0.39, 0.29) is 23.2 Å². The molecular weight excluding hydrogens is 244 g/mol. The molecule has 0 spiro atoms. The molecule has 0 aromatic heterocycles. The highest BCUT2D eigenvalue weighted by molar-refractivity contribution is 6.26. The number of hydrogen-bond acceptors (Lipinski definition) is 4. The van der Waals surface area contributed by atoms with E-state index in [0.29, 0.717) is 29.5 Å². The highest BCUT2D eigenvalue weighted by atomic mass is 16.6. The molecule has 0 bridgehead atoms. The van der Waals surface area contributed by atoms with Gasteiger partial charge in [-0.15, -0.1) is 0 Å². The second kappa shape index (κ2) is 4.31. The summed E-state index contributed by atoms with van der Waals surface area (Å²) in [5.41, 5.74) is 1.22. The van der Waals surface area contributed by atoms with Crippen molar-refractivity contribution in [2.24, 2.45) is 5.92 Å². The van der Waals surface area contributed by atoms with E-state index in [2.05, 4.69) is 0 Å². The number of ketones is 2. The highest BCUT2D eigenvalue weighted by Crippen LogP contribution is 2.38. The van der Waals surface area contributed by atoms with E-state index in [0.717, 1.165) is 0 Å². The first-order valence-corrected chi connectivity index (χ1v) is 6.40. The van der Waals surface area contributed by atoms with Gasteiger partial charge in [0.2, 0.25) is 5.78 Å². The molecule has 98 valence electrons. The molecule has 0 radical (unpaired) electrons. The monoisotopic (exact) mass is 258 g/mol. The van der Waals surface area contributed by atoms with Crippen LogP contribution in [0.4, 0.5) is 0 Å². The summed E-state index contributed by atoms with van der Waals surface area (Å²) < 4.78 is 5.23. The lowest BCUT2D eigenvalue weighted by Crippen LogP contribution is -2.35. The van der Waals surface area contributed by atoms with Crippen LogP contribution in [0.5, 0.6) is 0 Å². The van der Waals surface area contributed by atoms with E-state index >= 15 is 0 Å². The minimum atomic E-state index is -1.01.